The lowest BCUT2D eigenvalue weighted by Gasteiger charge is -2.46. The Labute approximate surface area is 186 Å². The lowest BCUT2D eigenvalue weighted by Crippen LogP contribution is -2.58. The SMILES string of the molecule is CNC(=O)c1ccc([N+]2([O-])C(=S)N(c3ccc(C#N)c(C(F)(F)F)c3)CC2(C)C)cc1F. The molecule has 1 unspecified atom stereocenters. The molecular weight excluding hydrogens is 448 g/mol. The fourth-order valence-electron chi connectivity index (χ4n) is 3.70. The van der Waals surface area contributed by atoms with Crippen LogP contribution in [0.15, 0.2) is 36.4 Å². The molecule has 11 heteroatoms. The number of hydroxylamine groups is 2. The summed E-state index contributed by atoms with van der Waals surface area (Å²) in [4.78, 5) is 13.0. The first-order chi connectivity index (χ1) is 14.8. The number of halogens is 4. The van der Waals surface area contributed by atoms with Gasteiger partial charge in [0.05, 0.1) is 29.3 Å². The van der Waals surface area contributed by atoms with Crippen LogP contribution in [-0.4, -0.2) is 30.2 Å². The minimum atomic E-state index is -4.78. The predicted octanol–water partition coefficient (Wildman–Crippen LogP) is 4.46. The molecule has 1 aliphatic heterocycles. The van der Waals surface area contributed by atoms with Gasteiger partial charge < -0.3 is 10.5 Å². The van der Waals surface area contributed by atoms with Crippen molar-refractivity contribution in [3.05, 3.63) is 64.1 Å². The van der Waals surface area contributed by atoms with E-state index < -0.39 is 39.2 Å². The van der Waals surface area contributed by atoms with E-state index >= 15 is 0 Å². The van der Waals surface area contributed by atoms with Gasteiger partial charge in [0, 0.05) is 37.1 Å². The van der Waals surface area contributed by atoms with Crippen LogP contribution >= 0.6 is 12.2 Å². The van der Waals surface area contributed by atoms with E-state index in [2.05, 4.69) is 5.32 Å². The van der Waals surface area contributed by atoms with E-state index in [-0.39, 0.29) is 28.6 Å². The molecule has 0 saturated carbocycles. The highest BCUT2D eigenvalue weighted by atomic mass is 32.1. The number of carbonyl (C=O) groups excluding carboxylic acids is 1. The lowest BCUT2D eigenvalue weighted by molar-refractivity contribution is -0.137. The van der Waals surface area contributed by atoms with Gasteiger partial charge in [-0.1, -0.05) is 0 Å². The summed E-state index contributed by atoms with van der Waals surface area (Å²) in [5.74, 6) is -1.60. The molecule has 2 aromatic rings. The minimum absolute atomic E-state index is 0.00676. The number of carbonyl (C=O) groups is 1. The molecule has 32 heavy (non-hydrogen) atoms. The van der Waals surface area contributed by atoms with Crippen molar-refractivity contribution in [1.29, 1.82) is 5.26 Å². The van der Waals surface area contributed by atoms with Crippen molar-refractivity contribution in [2.45, 2.75) is 25.6 Å². The molecule has 168 valence electrons. The van der Waals surface area contributed by atoms with Crippen LogP contribution in [-0.2, 0) is 6.18 Å². The molecule has 1 atom stereocenters. The van der Waals surface area contributed by atoms with Crippen molar-refractivity contribution in [2.75, 3.05) is 18.5 Å². The standard InChI is InChI=1S/C21H18F4N4O2S/c1-20(2)11-28(13-5-4-12(10-26)16(8-13)21(23,24)25)19(32)29(20,31)14-6-7-15(17(22)9-14)18(30)27-3/h4-9H,11H2,1-3H3,(H,27,30). The molecule has 6 nitrogen and oxygen atoms in total. The van der Waals surface area contributed by atoms with Gasteiger partial charge in [-0.2, -0.15) is 18.4 Å². The van der Waals surface area contributed by atoms with Crippen molar-refractivity contribution < 1.29 is 22.4 Å². The van der Waals surface area contributed by atoms with Crippen LogP contribution < -0.4 is 14.9 Å². The van der Waals surface area contributed by atoms with E-state index in [1.807, 2.05) is 0 Å². The number of nitriles is 1. The first-order valence-corrected chi connectivity index (χ1v) is 9.74. The highest BCUT2D eigenvalue weighted by Crippen LogP contribution is 2.43. The third kappa shape index (κ3) is 3.60. The molecule has 0 aliphatic carbocycles. The van der Waals surface area contributed by atoms with E-state index in [4.69, 9.17) is 17.5 Å². The average molecular weight is 466 g/mol. The topological polar surface area (TPSA) is 79.2 Å². The van der Waals surface area contributed by atoms with Gasteiger partial charge in [-0.05, 0) is 38.1 Å². The zero-order chi connectivity index (χ0) is 24.1. The van der Waals surface area contributed by atoms with Crippen LogP contribution in [0.5, 0.6) is 0 Å². The molecule has 0 bridgehead atoms. The zero-order valence-corrected chi connectivity index (χ0v) is 18.1. The van der Waals surface area contributed by atoms with Gasteiger partial charge in [0.15, 0.2) is 0 Å². The molecule has 1 aliphatic rings. The second-order valence-corrected chi connectivity index (χ2v) is 8.24. The maximum atomic E-state index is 14.6. The molecular formula is C21H18F4N4O2S. The molecule has 2 aromatic carbocycles. The third-order valence-electron chi connectivity index (χ3n) is 5.43. The number of benzene rings is 2. The van der Waals surface area contributed by atoms with Crippen LogP contribution in [0.3, 0.4) is 0 Å². The molecule has 1 amide bonds. The second kappa shape index (κ2) is 7.81. The molecule has 1 N–H and O–H groups in total. The van der Waals surface area contributed by atoms with Gasteiger partial charge in [-0.3, -0.25) is 14.3 Å². The number of hydrogen-bond acceptors (Lipinski definition) is 4. The number of rotatable bonds is 3. The summed E-state index contributed by atoms with van der Waals surface area (Å²) in [6.07, 6.45) is -4.78. The van der Waals surface area contributed by atoms with Crippen molar-refractivity contribution in [1.82, 2.24) is 9.96 Å². The second-order valence-electron chi connectivity index (χ2n) is 7.87. The van der Waals surface area contributed by atoms with Gasteiger partial charge in [-0.15, -0.1) is 0 Å². The summed E-state index contributed by atoms with van der Waals surface area (Å²) < 4.78 is 53.5. The predicted molar refractivity (Wildman–Crippen MR) is 115 cm³/mol. The Balaban J connectivity index is 2.10. The Bertz CT molecular complexity index is 1160. The Kier molecular flexibility index (Phi) is 5.76. The molecule has 1 fully saturated rings. The van der Waals surface area contributed by atoms with Crippen molar-refractivity contribution >= 4 is 34.6 Å². The first-order valence-electron chi connectivity index (χ1n) is 9.33. The van der Waals surface area contributed by atoms with Crippen LogP contribution in [0, 0.1) is 22.4 Å². The summed E-state index contributed by atoms with van der Waals surface area (Å²) in [7, 11) is 1.33. The number of nitrogens with one attached hydrogen (secondary N) is 1. The van der Waals surface area contributed by atoms with Gasteiger partial charge in [-0.25, -0.2) is 4.39 Å². The fraction of sp³-hybridized carbons (Fsp3) is 0.286. The maximum absolute atomic E-state index is 14.6. The van der Waals surface area contributed by atoms with Crippen LogP contribution in [0.1, 0.15) is 35.3 Å². The highest BCUT2D eigenvalue weighted by molar-refractivity contribution is 7.80. The van der Waals surface area contributed by atoms with E-state index in [0.29, 0.717) is 0 Å². The Morgan fingerprint density at radius 1 is 1.28 bits per heavy atom. The number of quaternary nitrogens is 1. The Hall–Kier alpha value is -3.07. The quantitative estimate of drug-likeness (QED) is 0.313. The van der Waals surface area contributed by atoms with E-state index in [1.54, 1.807) is 13.8 Å². The van der Waals surface area contributed by atoms with E-state index in [9.17, 15) is 27.6 Å². The van der Waals surface area contributed by atoms with E-state index in [0.717, 1.165) is 24.3 Å². The monoisotopic (exact) mass is 466 g/mol. The molecule has 0 radical (unpaired) electrons. The average Bonchev–Trinajstić information content (AvgIpc) is 2.92. The van der Waals surface area contributed by atoms with Gasteiger partial charge in [0.25, 0.3) is 11.0 Å². The summed E-state index contributed by atoms with van der Waals surface area (Å²) >= 11 is 5.37. The van der Waals surface area contributed by atoms with Crippen LogP contribution in [0.2, 0.25) is 0 Å². The van der Waals surface area contributed by atoms with Gasteiger partial charge in [0.2, 0.25) is 0 Å². The first kappa shape index (κ1) is 23.6. The number of anilines is 1. The smallest absolute Gasteiger partial charge is 0.417 e. The van der Waals surface area contributed by atoms with Gasteiger partial charge >= 0.3 is 6.18 Å². The van der Waals surface area contributed by atoms with Gasteiger partial charge in [0.1, 0.15) is 17.0 Å². The summed E-state index contributed by atoms with van der Waals surface area (Å²) in [6, 6.07) is 7.92. The van der Waals surface area contributed by atoms with E-state index in [1.165, 1.54) is 30.1 Å². The Morgan fingerprint density at radius 2 is 1.94 bits per heavy atom. The molecule has 1 saturated heterocycles. The number of amides is 1. The lowest BCUT2D eigenvalue weighted by atomic mass is 10.0. The molecule has 1 heterocycles. The van der Waals surface area contributed by atoms with Crippen LogP contribution in [0.25, 0.3) is 0 Å². The largest absolute Gasteiger partial charge is 0.620 e. The molecule has 3 rings (SSSR count). The van der Waals surface area contributed by atoms with Crippen molar-refractivity contribution in [3.8, 4) is 6.07 Å². The zero-order valence-electron chi connectivity index (χ0n) is 17.2. The summed E-state index contributed by atoms with van der Waals surface area (Å²) in [5.41, 5.74) is -3.27. The Morgan fingerprint density at radius 3 is 2.47 bits per heavy atom. The van der Waals surface area contributed by atoms with Crippen molar-refractivity contribution in [3.63, 3.8) is 0 Å². The number of thiocarbonyl (C=S) groups is 1. The summed E-state index contributed by atoms with van der Waals surface area (Å²) in [6.45, 7) is 3.06. The number of hydrogen-bond donors (Lipinski definition) is 1. The minimum Gasteiger partial charge on any atom is -0.620 e. The third-order valence-corrected chi connectivity index (χ3v) is 5.90. The van der Waals surface area contributed by atoms with Crippen LogP contribution in [0.4, 0.5) is 28.9 Å². The molecule has 0 aromatic heterocycles. The maximum Gasteiger partial charge on any atom is 0.417 e. The number of nitrogens with zero attached hydrogens (tertiary/aromatic N) is 3. The highest BCUT2D eigenvalue weighted by Gasteiger charge is 2.54. The van der Waals surface area contributed by atoms with Crippen molar-refractivity contribution in [2.24, 2.45) is 0 Å². The fourth-order valence-corrected chi connectivity index (χ4v) is 4.22. The number of alkyl halides is 3. The normalized spacial score (nSPS) is 20.2. The molecule has 0 spiro atoms. The summed E-state index contributed by atoms with van der Waals surface area (Å²) in [5, 5.41) is 25.0.